The molecule has 1 aliphatic rings. The molecule has 0 saturated carbocycles. The quantitative estimate of drug-likeness (QED) is 0.865. The summed E-state index contributed by atoms with van der Waals surface area (Å²) in [5.41, 5.74) is 6.77. The second kappa shape index (κ2) is 6.20. The molecule has 2 nitrogen and oxygen atoms in total. The third kappa shape index (κ3) is 3.15. The first kappa shape index (κ1) is 14.1. The van der Waals surface area contributed by atoms with E-state index in [4.69, 9.17) is 41.2 Å². The molecule has 1 fully saturated rings. The summed E-state index contributed by atoms with van der Waals surface area (Å²) in [7, 11) is 0. The van der Waals surface area contributed by atoms with Gasteiger partial charge >= 0.3 is 0 Å². The van der Waals surface area contributed by atoms with Gasteiger partial charge < -0.3 is 5.73 Å². The van der Waals surface area contributed by atoms with E-state index in [1.807, 2.05) is 18.2 Å². The number of nitrogens with zero attached hydrogens (tertiary/aromatic N) is 1. The Morgan fingerprint density at radius 3 is 2.61 bits per heavy atom. The van der Waals surface area contributed by atoms with E-state index in [1.54, 1.807) is 0 Å². The van der Waals surface area contributed by atoms with Crippen molar-refractivity contribution in [3.63, 3.8) is 0 Å². The van der Waals surface area contributed by atoms with Crippen molar-refractivity contribution in [3.8, 4) is 0 Å². The van der Waals surface area contributed by atoms with Crippen LogP contribution in [-0.2, 0) is 6.54 Å². The molecule has 5 heteroatoms. The lowest BCUT2D eigenvalue weighted by molar-refractivity contribution is 0.185. The van der Waals surface area contributed by atoms with Gasteiger partial charge in [0.25, 0.3) is 0 Å². The van der Waals surface area contributed by atoms with Crippen molar-refractivity contribution in [2.24, 2.45) is 5.73 Å². The highest BCUT2D eigenvalue weighted by Gasteiger charge is 2.25. The molecule has 1 aliphatic heterocycles. The summed E-state index contributed by atoms with van der Waals surface area (Å²) >= 11 is 17.5. The lowest BCUT2D eigenvalue weighted by Crippen LogP contribution is -2.46. The Labute approximate surface area is 123 Å². The molecule has 1 aromatic carbocycles. The van der Waals surface area contributed by atoms with Crippen molar-refractivity contribution in [1.29, 1.82) is 0 Å². The molecule has 0 spiro atoms. The van der Waals surface area contributed by atoms with Crippen LogP contribution in [0.1, 0.15) is 24.8 Å². The van der Waals surface area contributed by atoms with E-state index < -0.39 is 0 Å². The highest BCUT2D eigenvalue weighted by molar-refractivity contribution is 7.80. The van der Waals surface area contributed by atoms with Gasteiger partial charge in [-0.1, -0.05) is 47.9 Å². The van der Waals surface area contributed by atoms with Gasteiger partial charge in [-0.25, -0.2) is 0 Å². The van der Waals surface area contributed by atoms with Gasteiger partial charge in [0.2, 0.25) is 0 Å². The lowest BCUT2D eigenvalue weighted by Gasteiger charge is -2.35. The van der Waals surface area contributed by atoms with Gasteiger partial charge in [-0.05, 0) is 31.5 Å². The monoisotopic (exact) mass is 302 g/mol. The second-order valence-electron chi connectivity index (χ2n) is 4.58. The van der Waals surface area contributed by atoms with Crippen LogP contribution in [0.25, 0.3) is 0 Å². The van der Waals surface area contributed by atoms with Gasteiger partial charge in [0.1, 0.15) is 0 Å². The SMILES string of the molecule is NC(=S)C1CCCCN1Cc1c(Cl)cccc1Cl. The first-order valence-corrected chi connectivity index (χ1v) is 7.22. The summed E-state index contributed by atoms with van der Waals surface area (Å²) in [6, 6.07) is 5.75. The van der Waals surface area contributed by atoms with Crippen LogP contribution in [0.2, 0.25) is 10.0 Å². The van der Waals surface area contributed by atoms with Crippen molar-refractivity contribution in [1.82, 2.24) is 4.90 Å². The zero-order valence-corrected chi connectivity index (χ0v) is 12.4. The summed E-state index contributed by atoms with van der Waals surface area (Å²) in [6.07, 6.45) is 3.37. The first-order chi connectivity index (χ1) is 8.59. The second-order valence-corrected chi connectivity index (χ2v) is 5.87. The summed E-state index contributed by atoms with van der Waals surface area (Å²) in [5.74, 6) is 0. The van der Waals surface area contributed by atoms with Gasteiger partial charge in [-0.3, -0.25) is 4.90 Å². The zero-order valence-electron chi connectivity index (χ0n) is 10.0. The average molecular weight is 303 g/mol. The molecule has 1 aromatic rings. The van der Waals surface area contributed by atoms with E-state index in [1.165, 1.54) is 12.8 Å². The lowest BCUT2D eigenvalue weighted by atomic mass is 10.0. The summed E-state index contributed by atoms with van der Waals surface area (Å²) in [5, 5.41) is 1.41. The van der Waals surface area contributed by atoms with Crippen molar-refractivity contribution < 1.29 is 0 Å². The van der Waals surface area contributed by atoms with Crippen molar-refractivity contribution in [2.45, 2.75) is 31.8 Å². The minimum absolute atomic E-state index is 0.168. The highest BCUT2D eigenvalue weighted by Crippen LogP contribution is 2.28. The van der Waals surface area contributed by atoms with Gasteiger partial charge in [-0.15, -0.1) is 0 Å². The molecule has 1 heterocycles. The Hall–Kier alpha value is -0.350. The number of thiocarbonyl (C=S) groups is 1. The van der Waals surface area contributed by atoms with Crippen molar-refractivity contribution >= 4 is 40.4 Å². The molecule has 18 heavy (non-hydrogen) atoms. The number of hydrogen-bond donors (Lipinski definition) is 1. The van der Waals surface area contributed by atoms with Crippen molar-refractivity contribution in [3.05, 3.63) is 33.8 Å². The highest BCUT2D eigenvalue weighted by atomic mass is 35.5. The topological polar surface area (TPSA) is 29.3 Å². The molecular formula is C13H16Cl2N2S. The smallest absolute Gasteiger partial charge is 0.0902 e. The van der Waals surface area contributed by atoms with Crippen LogP contribution in [0.5, 0.6) is 0 Å². The van der Waals surface area contributed by atoms with Gasteiger partial charge in [0.05, 0.1) is 11.0 Å². The maximum absolute atomic E-state index is 6.20. The van der Waals surface area contributed by atoms with Crippen LogP contribution in [0, 0.1) is 0 Å². The predicted octanol–water partition coefficient (Wildman–Crippen LogP) is 3.63. The number of piperidine rings is 1. The van der Waals surface area contributed by atoms with Crippen LogP contribution in [0.3, 0.4) is 0 Å². The average Bonchev–Trinajstić information content (AvgIpc) is 2.34. The summed E-state index contributed by atoms with van der Waals surface area (Å²) in [4.78, 5) is 2.84. The molecule has 0 radical (unpaired) electrons. The molecule has 1 atom stereocenters. The minimum atomic E-state index is 0.168. The third-order valence-electron chi connectivity index (χ3n) is 3.36. The Bertz CT molecular complexity index is 430. The van der Waals surface area contributed by atoms with Crippen LogP contribution < -0.4 is 5.73 Å². The van der Waals surface area contributed by atoms with E-state index in [0.29, 0.717) is 21.6 Å². The molecule has 2 N–H and O–H groups in total. The Balaban J connectivity index is 2.18. The third-order valence-corrected chi connectivity index (χ3v) is 4.35. The molecule has 0 bridgehead atoms. The first-order valence-electron chi connectivity index (χ1n) is 6.06. The van der Waals surface area contributed by atoms with Crippen molar-refractivity contribution in [2.75, 3.05) is 6.54 Å². The van der Waals surface area contributed by atoms with E-state index >= 15 is 0 Å². The number of likely N-dealkylation sites (tertiary alicyclic amines) is 1. The molecule has 98 valence electrons. The Morgan fingerprint density at radius 2 is 2.00 bits per heavy atom. The molecule has 0 aliphatic carbocycles. The largest absolute Gasteiger partial charge is 0.392 e. The van der Waals surface area contributed by atoms with Gasteiger partial charge in [-0.2, -0.15) is 0 Å². The predicted molar refractivity (Wildman–Crippen MR) is 81.3 cm³/mol. The normalized spacial score (nSPS) is 20.9. The maximum atomic E-state index is 6.20. The van der Waals surface area contributed by atoms with Crippen LogP contribution >= 0.6 is 35.4 Å². The standard InChI is InChI=1S/C13H16Cl2N2S/c14-10-4-3-5-11(15)9(10)8-17-7-2-1-6-12(17)13(16)18/h3-5,12H,1-2,6-8H2,(H2,16,18). The number of rotatable bonds is 3. The van der Waals surface area contributed by atoms with E-state index in [9.17, 15) is 0 Å². The van der Waals surface area contributed by atoms with Crippen LogP contribution in [0.4, 0.5) is 0 Å². The summed E-state index contributed by atoms with van der Waals surface area (Å²) in [6.45, 7) is 1.70. The fraction of sp³-hybridized carbons (Fsp3) is 0.462. The Morgan fingerprint density at radius 1 is 1.33 bits per heavy atom. The van der Waals surface area contributed by atoms with Gasteiger partial charge in [0.15, 0.2) is 0 Å². The van der Waals surface area contributed by atoms with E-state index in [0.717, 1.165) is 18.5 Å². The van der Waals surface area contributed by atoms with Crippen LogP contribution in [0.15, 0.2) is 18.2 Å². The zero-order chi connectivity index (χ0) is 13.1. The van der Waals surface area contributed by atoms with E-state index in [-0.39, 0.29) is 6.04 Å². The number of benzene rings is 1. The Kier molecular flexibility index (Phi) is 4.84. The fourth-order valence-corrected chi connectivity index (χ4v) is 3.17. The molecular weight excluding hydrogens is 287 g/mol. The maximum Gasteiger partial charge on any atom is 0.0902 e. The molecule has 1 saturated heterocycles. The molecule has 2 rings (SSSR count). The molecule has 0 aromatic heterocycles. The molecule has 1 unspecified atom stereocenters. The number of halogens is 2. The van der Waals surface area contributed by atoms with Gasteiger partial charge in [0, 0.05) is 22.2 Å². The van der Waals surface area contributed by atoms with E-state index in [2.05, 4.69) is 4.90 Å². The summed E-state index contributed by atoms with van der Waals surface area (Å²) < 4.78 is 0. The fourth-order valence-electron chi connectivity index (χ4n) is 2.39. The number of nitrogens with two attached hydrogens (primary N) is 1. The number of hydrogen-bond acceptors (Lipinski definition) is 2. The molecule has 0 amide bonds. The van der Waals surface area contributed by atoms with Crippen LogP contribution in [-0.4, -0.2) is 22.5 Å². The minimum Gasteiger partial charge on any atom is -0.392 e.